The first-order valence-corrected chi connectivity index (χ1v) is 11.0. The van der Waals surface area contributed by atoms with Crippen molar-refractivity contribution in [2.24, 2.45) is 11.8 Å². The van der Waals surface area contributed by atoms with Gasteiger partial charge in [0, 0.05) is 43.5 Å². The number of aryl methyl sites for hydroxylation is 1. The molecule has 0 radical (unpaired) electrons. The Bertz CT molecular complexity index is 1030. The zero-order chi connectivity index (χ0) is 21.5. The highest BCUT2D eigenvalue weighted by atomic mass is 16.2. The minimum Gasteiger partial charge on any atom is -0.351 e. The maximum Gasteiger partial charge on any atom is 0.272 e. The van der Waals surface area contributed by atoms with Crippen LogP contribution in [0, 0.1) is 11.8 Å². The number of carbonyl (C=O) groups excluding carboxylic acids is 3. The minimum atomic E-state index is -0.182. The molecule has 2 aliphatic heterocycles. The molecule has 1 aliphatic carbocycles. The highest BCUT2D eigenvalue weighted by Crippen LogP contribution is 2.37. The van der Waals surface area contributed by atoms with Crippen LogP contribution in [0.25, 0.3) is 0 Å². The molecule has 3 heterocycles. The molecule has 3 atom stereocenters. The van der Waals surface area contributed by atoms with E-state index in [9.17, 15) is 14.4 Å². The van der Waals surface area contributed by atoms with Crippen LogP contribution in [0.2, 0.25) is 0 Å². The van der Waals surface area contributed by atoms with Crippen molar-refractivity contribution in [2.45, 2.75) is 38.8 Å². The molecule has 1 aromatic carbocycles. The van der Waals surface area contributed by atoms with Gasteiger partial charge in [-0.15, -0.1) is 0 Å². The van der Waals surface area contributed by atoms with E-state index in [4.69, 9.17) is 0 Å². The van der Waals surface area contributed by atoms with Gasteiger partial charge in [0.25, 0.3) is 5.91 Å². The van der Waals surface area contributed by atoms with E-state index < -0.39 is 0 Å². The SMILES string of the molecule is CCn1nccc1C(=O)N1CC(=O)N[C@@H]2C[C@@H](C(=O)N3CCc4ccccc43)C[C@@H]2C1. The monoisotopic (exact) mass is 421 g/mol. The summed E-state index contributed by atoms with van der Waals surface area (Å²) in [6, 6.07) is 9.67. The van der Waals surface area contributed by atoms with Gasteiger partial charge in [0.15, 0.2) is 0 Å². The van der Waals surface area contributed by atoms with E-state index in [1.165, 1.54) is 5.56 Å². The number of nitrogens with one attached hydrogen (secondary N) is 1. The second-order valence-corrected chi connectivity index (χ2v) is 8.69. The van der Waals surface area contributed by atoms with E-state index in [-0.39, 0.29) is 42.1 Å². The fourth-order valence-electron chi connectivity index (χ4n) is 5.35. The number of nitrogens with zero attached hydrogens (tertiary/aromatic N) is 4. The second kappa shape index (κ2) is 7.83. The number of hydrogen-bond acceptors (Lipinski definition) is 4. The lowest BCUT2D eigenvalue weighted by atomic mass is 10.0. The summed E-state index contributed by atoms with van der Waals surface area (Å²) in [6.07, 6.45) is 3.79. The van der Waals surface area contributed by atoms with Crippen molar-refractivity contribution < 1.29 is 14.4 Å². The highest BCUT2D eigenvalue weighted by Gasteiger charge is 2.44. The predicted octanol–water partition coefficient (Wildman–Crippen LogP) is 1.46. The first kappa shape index (κ1) is 19.8. The first-order valence-electron chi connectivity index (χ1n) is 11.0. The third-order valence-corrected chi connectivity index (χ3v) is 6.86. The van der Waals surface area contributed by atoms with Crippen molar-refractivity contribution in [1.82, 2.24) is 20.0 Å². The van der Waals surface area contributed by atoms with Crippen LogP contribution in [-0.4, -0.2) is 58.1 Å². The van der Waals surface area contributed by atoms with Gasteiger partial charge in [-0.25, -0.2) is 0 Å². The Balaban J connectivity index is 1.32. The van der Waals surface area contributed by atoms with E-state index in [1.807, 2.05) is 30.0 Å². The van der Waals surface area contributed by atoms with Gasteiger partial charge in [0.05, 0.1) is 6.54 Å². The standard InChI is InChI=1S/C23H27N5O3/c1-2-28-20(7-9-24-28)23(31)26-13-17-11-16(12-18(17)25-21(29)14-26)22(30)27-10-8-15-5-3-4-6-19(15)27/h3-7,9,16-18H,2,8,10-14H2,1H3,(H,25,29)/t16-,17+,18+/m0/s1. The molecular formula is C23H27N5O3. The molecule has 0 bridgehead atoms. The Labute approximate surface area is 181 Å². The second-order valence-electron chi connectivity index (χ2n) is 8.69. The van der Waals surface area contributed by atoms with E-state index >= 15 is 0 Å². The van der Waals surface area contributed by atoms with Gasteiger partial charge in [0.1, 0.15) is 5.69 Å². The summed E-state index contributed by atoms with van der Waals surface area (Å²) in [4.78, 5) is 42.5. The van der Waals surface area contributed by atoms with Gasteiger partial charge in [-0.2, -0.15) is 5.10 Å². The van der Waals surface area contributed by atoms with Crippen LogP contribution < -0.4 is 10.2 Å². The Morgan fingerprint density at radius 1 is 1.19 bits per heavy atom. The van der Waals surface area contributed by atoms with Gasteiger partial charge >= 0.3 is 0 Å². The van der Waals surface area contributed by atoms with Crippen LogP contribution in [-0.2, 0) is 22.6 Å². The van der Waals surface area contributed by atoms with Gasteiger partial charge in [0.2, 0.25) is 11.8 Å². The average molecular weight is 422 g/mol. The summed E-state index contributed by atoms with van der Waals surface area (Å²) in [7, 11) is 0. The molecule has 0 spiro atoms. The quantitative estimate of drug-likeness (QED) is 0.813. The molecule has 1 saturated heterocycles. The fraction of sp³-hybridized carbons (Fsp3) is 0.478. The number of rotatable bonds is 3. The van der Waals surface area contributed by atoms with Crippen LogP contribution in [0.15, 0.2) is 36.5 Å². The lowest BCUT2D eigenvalue weighted by Crippen LogP contribution is -2.40. The summed E-state index contributed by atoms with van der Waals surface area (Å²) in [5.41, 5.74) is 2.71. The fourth-order valence-corrected chi connectivity index (χ4v) is 5.35. The van der Waals surface area contributed by atoms with E-state index in [2.05, 4.69) is 16.5 Å². The summed E-state index contributed by atoms with van der Waals surface area (Å²) in [5.74, 6) is -0.284. The molecule has 1 N–H and O–H groups in total. The number of para-hydroxylation sites is 1. The zero-order valence-electron chi connectivity index (χ0n) is 17.7. The van der Waals surface area contributed by atoms with E-state index in [0.29, 0.717) is 38.2 Å². The van der Waals surface area contributed by atoms with Gasteiger partial charge in [-0.05, 0) is 49.8 Å². The maximum absolute atomic E-state index is 13.3. The van der Waals surface area contributed by atoms with Gasteiger partial charge in [-0.3, -0.25) is 19.1 Å². The Kier molecular flexibility index (Phi) is 5.00. The summed E-state index contributed by atoms with van der Waals surface area (Å²) < 4.78 is 1.65. The smallest absolute Gasteiger partial charge is 0.272 e. The molecule has 31 heavy (non-hydrogen) atoms. The Hall–Kier alpha value is -3.16. The number of anilines is 1. The summed E-state index contributed by atoms with van der Waals surface area (Å²) in [5, 5.41) is 7.24. The number of benzene rings is 1. The Morgan fingerprint density at radius 3 is 2.87 bits per heavy atom. The third kappa shape index (κ3) is 3.49. The average Bonchev–Trinajstić information content (AvgIpc) is 3.49. The van der Waals surface area contributed by atoms with Crippen molar-refractivity contribution in [3.63, 3.8) is 0 Å². The van der Waals surface area contributed by atoms with E-state index in [1.54, 1.807) is 21.8 Å². The lowest BCUT2D eigenvalue weighted by molar-refractivity contribution is -0.123. The van der Waals surface area contributed by atoms with Crippen molar-refractivity contribution in [1.29, 1.82) is 0 Å². The predicted molar refractivity (Wildman–Crippen MR) is 114 cm³/mol. The minimum absolute atomic E-state index is 0.0405. The number of aromatic nitrogens is 2. The Morgan fingerprint density at radius 2 is 2.03 bits per heavy atom. The molecule has 1 aromatic heterocycles. The molecule has 3 amide bonds. The van der Waals surface area contributed by atoms with Crippen LogP contribution in [0.1, 0.15) is 35.8 Å². The number of carbonyl (C=O) groups is 3. The molecule has 162 valence electrons. The zero-order valence-corrected chi connectivity index (χ0v) is 17.7. The van der Waals surface area contributed by atoms with Crippen LogP contribution in [0.5, 0.6) is 0 Å². The summed E-state index contributed by atoms with van der Waals surface area (Å²) >= 11 is 0. The van der Waals surface area contributed by atoms with Gasteiger partial charge in [-0.1, -0.05) is 18.2 Å². The van der Waals surface area contributed by atoms with Crippen LogP contribution >= 0.6 is 0 Å². The van der Waals surface area contributed by atoms with Gasteiger partial charge < -0.3 is 15.1 Å². The third-order valence-electron chi connectivity index (χ3n) is 6.86. The van der Waals surface area contributed by atoms with Crippen molar-refractivity contribution in [3.05, 3.63) is 47.8 Å². The summed E-state index contributed by atoms with van der Waals surface area (Å²) in [6.45, 7) is 3.74. The van der Waals surface area contributed by atoms with Crippen molar-refractivity contribution >= 4 is 23.4 Å². The van der Waals surface area contributed by atoms with E-state index in [0.717, 1.165) is 12.1 Å². The normalized spacial score (nSPS) is 25.1. The number of fused-ring (bicyclic) bond motifs is 2. The van der Waals surface area contributed by atoms with Crippen LogP contribution in [0.4, 0.5) is 5.69 Å². The molecule has 2 fully saturated rings. The number of amides is 3. The first-order chi connectivity index (χ1) is 15.0. The highest BCUT2D eigenvalue weighted by molar-refractivity contribution is 5.98. The molecule has 2 aromatic rings. The molecule has 0 unspecified atom stereocenters. The lowest BCUT2D eigenvalue weighted by Gasteiger charge is -2.24. The topological polar surface area (TPSA) is 87.5 Å². The van der Waals surface area contributed by atoms with Crippen molar-refractivity contribution in [2.75, 3.05) is 24.5 Å². The van der Waals surface area contributed by atoms with Crippen LogP contribution in [0.3, 0.4) is 0 Å². The molecule has 5 rings (SSSR count). The number of hydrogen-bond donors (Lipinski definition) is 1. The molecule has 8 heteroatoms. The molecule has 1 saturated carbocycles. The maximum atomic E-state index is 13.3. The molecule has 8 nitrogen and oxygen atoms in total. The van der Waals surface area contributed by atoms with Crippen molar-refractivity contribution in [3.8, 4) is 0 Å². The largest absolute Gasteiger partial charge is 0.351 e. The molecular weight excluding hydrogens is 394 g/mol. The molecule has 3 aliphatic rings.